The molecule has 3 rings (SSSR count). The van der Waals surface area contributed by atoms with Crippen molar-refractivity contribution >= 4 is 41.8 Å². The zero-order valence-electron chi connectivity index (χ0n) is 13.5. The van der Waals surface area contributed by atoms with Gasteiger partial charge in [0.2, 0.25) is 5.91 Å². The molecule has 1 saturated carbocycles. The molecule has 0 spiro atoms. The first-order valence-electron chi connectivity index (χ1n) is 7.72. The Kier molecular flexibility index (Phi) is 6.08. The van der Waals surface area contributed by atoms with Crippen molar-refractivity contribution in [2.24, 2.45) is 10.7 Å². The first-order chi connectivity index (χ1) is 11.1. The van der Waals surface area contributed by atoms with E-state index in [2.05, 4.69) is 10.3 Å². The molecule has 2 fully saturated rings. The molecule has 3 N–H and O–H groups in total. The molecule has 2 aliphatic rings. The van der Waals surface area contributed by atoms with Crippen LogP contribution in [0.5, 0.6) is 0 Å². The number of hydrogen-bond acceptors (Lipinski definition) is 4. The van der Waals surface area contributed by atoms with Gasteiger partial charge >= 0.3 is 0 Å². The second kappa shape index (κ2) is 7.86. The summed E-state index contributed by atoms with van der Waals surface area (Å²) in [7, 11) is 1.68. The lowest BCUT2D eigenvalue weighted by atomic mass is 10.3. The van der Waals surface area contributed by atoms with Gasteiger partial charge in [-0.1, -0.05) is 0 Å². The summed E-state index contributed by atoms with van der Waals surface area (Å²) in [5.74, 6) is 0.914. The number of nitrogens with one attached hydrogen (secondary N) is 1. The number of carbonyl (C=O) groups is 2. The summed E-state index contributed by atoms with van der Waals surface area (Å²) in [6, 6.07) is 3.69. The Morgan fingerprint density at radius 1 is 1.42 bits per heavy atom. The molecule has 1 aromatic rings. The lowest BCUT2D eigenvalue weighted by Gasteiger charge is -2.36. The van der Waals surface area contributed by atoms with Crippen LogP contribution >= 0.6 is 24.0 Å². The van der Waals surface area contributed by atoms with Gasteiger partial charge in [0.25, 0.3) is 5.91 Å². The van der Waals surface area contributed by atoms with E-state index in [0.29, 0.717) is 30.9 Å². The van der Waals surface area contributed by atoms with E-state index in [9.17, 15) is 9.59 Å². The van der Waals surface area contributed by atoms with Crippen LogP contribution in [-0.2, 0) is 11.3 Å². The molecule has 1 aliphatic carbocycles. The molecule has 1 saturated heterocycles. The van der Waals surface area contributed by atoms with Crippen LogP contribution in [0.2, 0.25) is 0 Å². The molecule has 0 atom stereocenters. The van der Waals surface area contributed by atoms with Crippen molar-refractivity contribution in [1.82, 2.24) is 15.1 Å². The van der Waals surface area contributed by atoms with Gasteiger partial charge in [0.1, 0.15) is 5.76 Å². The Labute approximate surface area is 157 Å². The van der Waals surface area contributed by atoms with Gasteiger partial charge < -0.3 is 25.3 Å². The van der Waals surface area contributed by atoms with Crippen molar-refractivity contribution in [1.29, 1.82) is 0 Å². The molecular weight excluding hydrogens is 425 g/mol. The maximum absolute atomic E-state index is 12.2. The smallest absolute Gasteiger partial charge is 0.284 e. The van der Waals surface area contributed by atoms with Crippen molar-refractivity contribution in [2.75, 3.05) is 26.7 Å². The molecule has 132 valence electrons. The average Bonchev–Trinajstić information content (AvgIpc) is 3.25. The molecule has 0 aromatic carbocycles. The molecule has 1 aliphatic heterocycles. The van der Waals surface area contributed by atoms with Gasteiger partial charge in [-0.3, -0.25) is 14.6 Å². The van der Waals surface area contributed by atoms with Gasteiger partial charge in [0, 0.05) is 26.2 Å². The summed E-state index contributed by atoms with van der Waals surface area (Å²) in [5.41, 5.74) is 5.16. The number of carbonyl (C=O) groups excluding carboxylic acids is 2. The maximum atomic E-state index is 12.2. The SMILES string of the molecule is CN=C(NCc1ccc(C(N)=O)o1)N1CCN(C2CC2)C(=O)C1.I. The highest BCUT2D eigenvalue weighted by atomic mass is 127. The molecular formula is C15H22IN5O3. The third kappa shape index (κ3) is 4.19. The fraction of sp³-hybridized carbons (Fsp3) is 0.533. The molecule has 2 amide bonds. The zero-order valence-corrected chi connectivity index (χ0v) is 15.9. The van der Waals surface area contributed by atoms with Crippen LogP contribution in [0, 0.1) is 0 Å². The van der Waals surface area contributed by atoms with Gasteiger partial charge in [0.05, 0.1) is 13.1 Å². The van der Waals surface area contributed by atoms with Crippen molar-refractivity contribution < 1.29 is 14.0 Å². The molecule has 8 nitrogen and oxygen atoms in total. The Balaban J connectivity index is 0.00000208. The van der Waals surface area contributed by atoms with Gasteiger partial charge in [-0.05, 0) is 25.0 Å². The number of aliphatic imine (C=N–C) groups is 1. The van der Waals surface area contributed by atoms with Gasteiger partial charge in [-0.15, -0.1) is 24.0 Å². The number of halogens is 1. The van der Waals surface area contributed by atoms with Gasteiger partial charge in [0.15, 0.2) is 11.7 Å². The van der Waals surface area contributed by atoms with E-state index in [1.165, 1.54) is 0 Å². The number of guanidine groups is 1. The number of hydrogen-bond donors (Lipinski definition) is 2. The lowest BCUT2D eigenvalue weighted by molar-refractivity contribution is -0.135. The minimum atomic E-state index is -0.595. The van der Waals surface area contributed by atoms with E-state index in [1.807, 2.05) is 9.80 Å². The topological polar surface area (TPSA) is 104 Å². The van der Waals surface area contributed by atoms with Crippen molar-refractivity contribution in [3.63, 3.8) is 0 Å². The molecule has 2 heterocycles. The van der Waals surface area contributed by atoms with Gasteiger partial charge in [-0.2, -0.15) is 0 Å². The maximum Gasteiger partial charge on any atom is 0.284 e. The monoisotopic (exact) mass is 447 g/mol. The van der Waals surface area contributed by atoms with Crippen LogP contribution < -0.4 is 11.1 Å². The lowest BCUT2D eigenvalue weighted by Crippen LogP contribution is -2.55. The number of nitrogens with two attached hydrogens (primary N) is 1. The summed E-state index contributed by atoms with van der Waals surface area (Å²) in [5, 5.41) is 3.15. The first-order valence-corrected chi connectivity index (χ1v) is 7.72. The third-order valence-corrected chi connectivity index (χ3v) is 4.08. The number of amides is 2. The number of primary amides is 1. The fourth-order valence-corrected chi connectivity index (χ4v) is 2.74. The predicted molar refractivity (Wildman–Crippen MR) is 99.1 cm³/mol. The standard InChI is InChI=1S/C15H21N5O3.HI/c1-17-15(18-8-11-4-5-12(23-11)14(16)22)19-6-7-20(10-2-3-10)13(21)9-19;/h4-5,10H,2-3,6-9H2,1H3,(H2,16,22)(H,17,18);1H. The summed E-state index contributed by atoms with van der Waals surface area (Å²) in [6.45, 7) is 2.20. The fourth-order valence-electron chi connectivity index (χ4n) is 2.74. The molecule has 0 radical (unpaired) electrons. The van der Waals surface area contributed by atoms with Crippen LogP contribution in [0.1, 0.15) is 29.2 Å². The molecule has 24 heavy (non-hydrogen) atoms. The second-order valence-corrected chi connectivity index (χ2v) is 5.77. The highest BCUT2D eigenvalue weighted by Gasteiger charge is 2.36. The van der Waals surface area contributed by atoms with Crippen molar-refractivity contribution in [3.8, 4) is 0 Å². The molecule has 0 unspecified atom stereocenters. The van der Waals surface area contributed by atoms with Crippen LogP contribution in [-0.4, -0.2) is 60.3 Å². The third-order valence-electron chi connectivity index (χ3n) is 4.08. The minimum absolute atomic E-state index is 0. The van der Waals surface area contributed by atoms with E-state index in [4.69, 9.17) is 10.2 Å². The Hall–Kier alpha value is -1.78. The van der Waals surface area contributed by atoms with Crippen LogP contribution in [0.25, 0.3) is 0 Å². The molecule has 1 aromatic heterocycles. The van der Waals surface area contributed by atoms with Crippen LogP contribution in [0.15, 0.2) is 21.5 Å². The first kappa shape index (κ1) is 18.6. The highest BCUT2D eigenvalue weighted by Crippen LogP contribution is 2.28. The summed E-state index contributed by atoms with van der Waals surface area (Å²) >= 11 is 0. The molecule has 0 bridgehead atoms. The van der Waals surface area contributed by atoms with E-state index in [0.717, 1.165) is 25.9 Å². The number of furan rings is 1. The quantitative estimate of drug-likeness (QED) is 0.395. The summed E-state index contributed by atoms with van der Waals surface area (Å²) in [6.07, 6.45) is 2.25. The predicted octanol–water partition coefficient (Wildman–Crippen LogP) is 0.379. The van der Waals surface area contributed by atoms with E-state index in [1.54, 1.807) is 19.2 Å². The summed E-state index contributed by atoms with van der Waals surface area (Å²) < 4.78 is 5.32. The second-order valence-electron chi connectivity index (χ2n) is 5.77. The summed E-state index contributed by atoms with van der Waals surface area (Å²) in [4.78, 5) is 31.3. The van der Waals surface area contributed by atoms with Crippen LogP contribution in [0.3, 0.4) is 0 Å². The van der Waals surface area contributed by atoms with E-state index >= 15 is 0 Å². The zero-order chi connectivity index (χ0) is 16.4. The van der Waals surface area contributed by atoms with Crippen LogP contribution in [0.4, 0.5) is 0 Å². The largest absolute Gasteiger partial charge is 0.454 e. The Morgan fingerprint density at radius 3 is 2.71 bits per heavy atom. The van der Waals surface area contributed by atoms with Gasteiger partial charge in [-0.25, -0.2) is 0 Å². The average molecular weight is 447 g/mol. The highest BCUT2D eigenvalue weighted by molar-refractivity contribution is 14.0. The Bertz CT molecular complexity index is 641. The molecule has 9 heteroatoms. The number of nitrogens with zero attached hydrogens (tertiary/aromatic N) is 3. The van der Waals surface area contributed by atoms with E-state index in [-0.39, 0.29) is 35.6 Å². The normalized spacial score (nSPS) is 18.4. The number of piperazine rings is 1. The Morgan fingerprint density at radius 2 is 2.17 bits per heavy atom. The van der Waals surface area contributed by atoms with Crippen molar-refractivity contribution in [3.05, 3.63) is 23.7 Å². The number of rotatable bonds is 4. The minimum Gasteiger partial charge on any atom is -0.454 e. The van der Waals surface area contributed by atoms with E-state index < -0.39 is 5.91 Å². The van der Waals surface area contributed by atoms with Crippen molar-refractivity contribution in [2.45, 2.75) is 25.4 Å².